The molecule has 0 aliphatic heterocycles. The number of esters is 1. The van der Waals surface area contributed by atoms with E-state index in [9.17, 15) is 9.59 Å². The Morgan fingerprint density at radius 2 is 1.59 bits per heavy atom. The zero-order valence-electron chi connectivity index (χ0n) is 17.6. The lowest BCUT2D eigenvalue weighted by atomic mass is 10.0. The molecule has 1 amide bonds. The highest BCUT2D eigenvalue weighted by Gasteiger charge is 2.10. The number of rotatable bonds is 6. The minimum atomic E-state index is -0.398. The maximum absolute atomic E-state index is 12.3. The Hall–Kier alpha value is -4.25. The van der Waals surface area contributed by atoms with E-state index in [4.69, 9.17) is 4.74 Å². The monoisotopic (exact) mass is 422 g/mol. The molecule has 4 aromatic carbocycles. The molecule has 0 aromatic heterocycles. The first-order chi connectivity index (χ1) is 15.6. The topological polar surface area (TPSA) is 67.8 Å². The summed E-state index contributed by atoms with van der Waals surface area (Å²) in [6.07, 6.45) is 1.79. The zero-order valence-corrected chi connectivity index (χ0v) is 17.6. The van der Waals surface area contributed by atoms with Gasteiger partial charge in [-0.25, -0.2) is 10.2 Å². The molecule has 0 aliphatic carbocycles. The summed E-state index contributed by atoms with van der Waals surface area (Å²) in [5, 5.41) is 6.20. The number of benzene rings is 4. The van der Waals surface area contributed by atoms with Gasteiger partial charge in [0.25, 0.3) is 0 Å². The second kappa shape index (κ2) is 9.71. The Bertz CT molecular complexity index is 1290. The molecule has 32 heavy (non-hydrogen) atoms. The molecular weight excluding hydrogens is 400 g/mol. The average Bonchev–Trinajstić information content (AvgIpc) is 2.81. The molecule has 4 aromatic rings. The van der Waals surface area contributed by atoms with Crippen molar-refractivity contribution in [1.82, 2.24) is 5.43 Å². The number of amides is 1. The van der Waals surface area contributed by atoms with Crippen molar-refractivity contribution in [2.45, 2.75) is 13.3 Å². The maximum Gasteiger partial charge on any atom is 0.343 e. The fourth-order valence-corrected chi connectivity index (χ4v) is 3.42. The van der Waals surface area contributed by atoms with E-state index in [1.54, 1.807) is 42.6 Å². The lowest BCUT2D eigenvalue weighted by Gasteiger charge is -2.07. The molecule has 0 saturated carbocycles. The molecule has 158 valence electrons. The van der Waals surface area contributed by atoms with Gasteiger partial charge >= 0.3 is 5.97 Å². The summed E-state index contributed by atoms with van der Waals surface area (Å²) in [6.45, 7) is 1.87. The quantitative estimate of drug-likeness (QED) is 0.204. The van der Waals surface area contributed by atoms with Gasteiger partial charge in [0.15, 0.2) is 0 Å². The van der Waals surface area contributed by atoms with Crippen molar-refractivity contribution in [3.05, 3.63) is 113 Å². The van der Waals surface area contributed by atoms with Crippen LogP contribution in [0.3, 0.4) is 0 Å². The zero-order chi connectivity index (χ0) is 22.3. The van der Waals surface area contributed by atoms with Gasteiger partial charge in [-0.1, -0.05) is 60.7 Å². The second-order valence-corrected chi connectivity index (χ2v) is 7.38. The van der Waals surface area contributed by atoms with E-state index in [1.165, 1.54) is 0 Å². The van der Waals surface area contributed by atoms with Gasteiger partial charge in [-0.2, -0.15) is 5.10 Å². The molecule has 0 radical (unpaired) electrons. The largest absolute Gasteiger partial charge is 0.423 e. The van der Waals surface area contributed by atoms with Crippen LogP contribution >= 0.6 is 0 Å². The van der Waals surface area contributed by atoms with Gasteiger partial charge < -0.3 is 4.74 Å². The van der Waals surface area contributed by atoms with Crippen LogP contribution in [0.25, 0.3) is 10.8 Å². The standard InChI is InChI=1S/C27H22N2O3/c1-19-7-2-4-11-24(19)27(31)32-23-15-13-20(14-16-23)18-28-29-26(30)17-22-10-6-9-21-8-3-5-12-25(21)22/h2-16,18H,17H2,1H3,(H,29,30)/b28-18+. The minimum Gasteiger partial charge on any atom is -0.423 e. The summed E-state index contributed by atoms with van der Waals surface area (Å²) < 4.78 is 5.43. The number of nitrogens with one attached hydrogen (secondary N) is 1. The smallest absolute Gasteiger partial charge is 0.343 e. The van der Waals surface area contributed by atoms with Crippen molar-refractivity contribution in [2.75, 3.05) is 0 Å². The third kappa shape index (κ3) is 5.08. The molecule has 0 bridgehead atoms. The Labute approximate surface area is 186 Å². The average molecular weight is 422 g/mol. The molecule has 4 rings (SSSR count). The molecular formula is C27H22N2O3. The minimum absolute atomic E-state index is 0.193. The molecule has 0 atom stereocenters. The van der Waals surface area contributed by atoms with Gasteiger partial charge in [-0.05, 0) is 64.7 Å². The highest BCUT2D eigenvalue weighted by Crippen LogP contribution is 2.19. The van der Waals surface area contributed by atoms with Crippen LogP contribution in [0.1, 0.15) is 27.0 Å². The predicted octanol–water partition coefficient (Wildman–Crippen LogP) is 5.06. The van der Waals surface area contributed by atoms with E-state index in [0.29, 0.717) is 11.3 Å². The molecule has 5 nitrogen and oxygen atoms in total. The summed E-state index contributed by atoms with van der Waals surface area (Å²) in [6, 6.07) is 28.1. The van der Waals surface area contributed by atoms with Crippen molar-refractivity contribution in [3.63, 3.8) is 0 Å². The highest BCUT2D eigenvalue weighted by atomic mass is 16.5. The number of hydrogen-bond donors (Lipinski definition) is 1. The van der Waals surface area contributed by atoms with Crippen molar-refractivity contribution < 1.29 is 14.3 Å². The summed E-state index contributed by atoms with van der Waals surface area (Å²) in [7, 11) is 0. The summed E-state index contributed by atoms with van der Waals surface area (Å²) in [5.41, 5.74) is 5.68. The normalized spacial score (nSPS) is 10.9. The van der Waals surface area contributed by atoms with Gasteiger partial charge in [0.05, 0.1) is 18.2 Å². The SMILES string of the molecule is Cc1ccccc1C(=O)Oc1ccc(/C=N/NC(=O)Cc2cccc3ccccc23)cc1. The van der Waals surface area contributed by atoms with Crippen LogP contribution in [0.5, 0.6) is 5.75 Å². The van der Waals surface area contributed by atoms with Gasteiger partial charge in [-0.3, -0.25) is 4.79 Å². The number of fused-ring (bicyclic) bond motifs is 1. The number of carbonyl (C=O) groups is 2. The fourth-order valence-electron chi connectivity index (χ4n) is 3.42. The van der Waals surface area contributed by atoms with Crippen molar-refractivity contribution in [1.29, 1.82) is 0 Å². The summed E-state index contributed by atoms with van der Waals surface area (Å²) >= 11 is 0. The lowest BCUT2D eigenvalue weighted by Crippen LogP contribution is -2.19. The van der Waals surface area contributed by atoms with E-state index in [2.05, 4.69) is 10.5 Å². The number of aryl methyl sites for hydroxylation is 1. The number of carbonyl (C=O) groups excluding carboxylic acids is 2. The van der Waals surface area contributed by atoms with Gasteiger partial charge in [0.1, 0.15) is 5.75 Å². The van der Waals surface area contributed by atoms with Crippen LogP contribution in [0, 0.1) is 6.92 Å². The van der Waals surface area contributed by atoms with Crippen molar-refractivity contribution >= 4 is 28.9 Å². The third-order valence-corrected chi connectivity index (χ3v) is 5.09. The van der Waals surface area contributed by atoms with E-state index < -0.39 is 5.97 Å². The fraction of sp³-hybridized carbons (Fsp3) is 0.0741. The highest BCUT2D eigenvalue weighted by molar-refractivity contribution is 5.93. The Morgan fingerprint density at radius 1 is 0.875 bits per heavy atom. The predicted molar refractivity (Wildman–Crippen MR) is 126 cm³/mol. The first-order valence-electron chi connectivity index (χ1n) is 10.3. The molecule has 0 unspecified atom stereocenters. The molecule has 0 spiro atoms. The van der Waals surface area contributed by atoms with E-state index in [0.717, 1.165) is 27.5 Å². The Kier molecular flexibility index (Phi) is 6.37. The third-order valence-electron chi connectivity index (χ3n) is 5.09. The molecule has 0 aliphatic rings. The van der Waals surface area contributed by atoms with E-state index >= 15 is 0 Å². The van der Waals surface area contributed by atoms with Crippen LogP contribution in [0.15, 0.2) is 96.1 Å². The van der Waals surface area contributed by atoms with E-state index in [-0.39, 0.29) is 12.3 Å². The Morgan fingerprint density at radius 3 is 2.41 bits per heavy atom. The van der Waals surface area contributed by atoms with Crippen molar-refractivity contribution in [2.24, 2.45) is 5.10 Å². The molecule has 0 fully saturated rings. The first-order valence-corrected chi connectivity index (χ1v) is 10.3. The van der Waals surface area contributed by atoms with Crippen LogP contribution in [-0.4, -0.2) is 18.1 Å². The van der Waals surface area contributed by atoms with Crippen molar-refractivity contribution in [3.8, 4) is 5.75 Å². The number of hydrazone groups is 1. The molecule has 5 heteroatoms. The van der Waals surface area contributed by atoms with Gasteiger partial charge in [0.2, 0.25) is 5.91 Å². The second-order valence-electron chi connectivity index (χ2n) is 7.38. The molecule has 1 N–H and O–H groups in total. The number of ether oxygens (including phenoxy) is 1. The first kappa shape index (κ1) is 21.0. The van der Waals surface area contributed by atoms with Gasteiger partial charge in [-0.15, -0.1) is 0 Å². The van der Waals surface area contributed by atoms with Crippen LogP contribution in [0.2, 0.25) is 0 Å². The lowest BCUT2D eigenvalue weighted by molar-refractivity contribution is -0.120. The Balaban J connectivity index is 1.33. The van der Waals surface area contributed by atoms with Gasteiger partial charge in [0, 0.05) is 0 Å². The maximum atomic E-state index is 12.3. The molecule has 0 heterocycles. The van der Waals surface area contributed by atoms with E-state index in [1.807, 2.05) is 61.5 Å². The van der Waals surface area contributed by atoms with Crippen LogP contribution in [0.4, 0.5) is 0 Å². The number of hydrogen-bond acceptors (Lipinski definition) is 4. The van der Waals surface area contributed by atoms with Crippen LogP contribution < -0.4 is 10.2 Å². The summed E-state index contributed by atoms with van der Waals surface area (Å²) in [4.78, 5) is 24.6. The van der Waals surface area contributed by atoms with Crippen LogP contribution in [-0.2, 0) is 11.2 Å². The summed E-state index contributed by atoms with van der Waals surface area (Å²) in [5.74, 6) is -0.151. The molecule has 0 saturated heterocycles. The number of nitrogens with zero attached hydrogens (tertiary/aromatic N) is 1.